The third-order valence-corrected chi connectivity index (χ3v) is 1.17. The summed E-state index contributed by atoms with van der Waals surface area (Å²) < 4.78 is 119. The molecule has 1 aromatic carbocycles. The maximum absolute atomic E-state index is 11.1. The van der Waals surface area contributed by atoms with Crippen molar-refractivity contribution in [1.82, 2.24) is 0 Å². The van der Waals surface area contributed by atoms with Crippen molar-refractivity contribution in [3.63, 3.8) is 0 Å². The van der Waals surface area contributed by atoms with Crippen LogP contribution in [-0.2, 0) is 0 Å². The molecule has 0 saturated carbocycles. The van der Waals surface area contributed by atoms with Crippen LogP contribution in [0.1, 0.15) is 11.1 Å². The Morgan fingerprint density at radius 1 is 0.500 bits per heavy atom. The van der Waals surface area contributed by atoms with Gasteiger partial charge in [0.15, 0.2) is 0 Å². The van der Waals surface area contributed by atoms with E-state index in [1.54, 1.807) is 24.3 Å². The third-order valence-electron chi connectivity index (χ3n) is 1.17. The van der Waals surface area contributed by atoms with Gasteiger partial charge in [-0.3, -0.25) is 0 Å². The van der Waals surface area contributed by atoms with Gasteiger partial charge >= 0.3 is 82.1 Å². The van der Waals surface area contributed by atoms with Gasteiger partial charge in [-0.1, -0.05) is 10.5 Å². The van der Waals surface area contributed by atoms with Crippen LogP contribution in [0.25, 0.3) is 0 Å². The van der Waals surface area contributed by atoms with Gasteiger partial charge in [0.05, 0.1) is 0 Å². The summed E-state index contributed by atoms with van der Waals surface area (Å²) in [5, 5.41) is 13.5. The Balaban J connectivity index is 0. The fourth-order valence-corrected chi connectivity index (χ4v) is 0.637. The molecule has 2 N–H and O–H groups in total. The van der Waals surface area contributed by atoms with Crippen LogP contribution in [0.5, 0.6) is 0 Å². The first-order chi connectivity index (χ1) is 9.76. The summed E-state index contributed by atoms with van der Waals surface area (Å²) in [6.45, 7) is 0. The van der Waals surface area contributed by atoms with E-state index in [0.29, 0.717) is 0 Å². The van der Waals surface area contributed by atoms with Gasteiger partial charge in [-0.2, -0.15) is 0 Å². The monoisotopic (exact) mass is 508 g/mol. The molecule has 0 saturated heterocycles. The second-order valence-corrected chi connectivity index (χ2v) is 11.8. The summed E-state index contributed by atoms with van der Waals surface area (Å²) in [4.78, 5) is 0. The number of halogens is 12. The Morgan fingerprint density at radius 3 is 0.708 bits per heavy atom. The molecule has 0 bridgehead atoms. The maximum Gasteiger partial charge on any atom is 0.308 e. The molecule has 1 rings (SSSR count). The minimum absolute atomic E-state index is 0.721. The fourth-order valence-electron chi connectivity index (χ4n) is 0.637. The van der Waals surface area contributed by atoms with Crippen LogP contribution in [0.2, 0.25) is 0 Å². The van der Waals surface area contributed by atoms with Crippen LogP contribution >= 0.6 is 0 Å². The van der Waals surface area contributed by atoms with Gasteiger partial charge in [-0.15, -0.1) is 0 Å². The van der Waals surface area contributed by atoms with E-state index in [1.165, 1.54) is 0 Å². The zero-order valence-corrected chi connectivity index (χ0v) is 14.5. The second kappa shape index (κ2) is 5.50. The molecule has 142 valence electrons. The first-order valence-electron chi connectivity index (χ1n) is 4.85. The van der Waals surface area contributed by atoms with Gasteiger partial charge in [0.25, 0.3) is 0 Å². The smallest absolute Gasteiger partial charge is 0.0958 e. The Hall–Kier alpha value is -1.52. The summed E-state index contributed by atoms with van der Waals surface area (Å²) in [6, 6.07) is 11.4. The quantitative estimate of drug-likeness (QED) is 0.400. The summed E-state index contributed by atoms with van der Waals surface area (Å²) >= 11 is -22.1. The van der Waals surface area contributed by atoms with Crippen molar-refractivity contribution in [3.8, 4) is 12.1 Å². The van der Waals surface area contributed by atoms with E-state index in [1.807, 2.05) is 0 Å². The third kappa shape index (κ3) is 49.9. The molecule has 0 atom stereocenters. The number of nitrogens with one attached hydrogen (secondary N) is 2. The number of hydrogen-bond acceptors (Lipinski definition) is 0. The predicted molar refractivity (Wildman–Crippen MR) is 59.2 cm³/mol. The van der Waals surface area contributed by atoms with Crippen molar-refractivity contribution >= 4 is 28.3 Å². The Bertz CT molecular complexity index is 571. The molecule has 1 aromatic rings. The summed E-state index contributed by atoms with van der Waals surface area (Å²) in [5.41, 5.74) is 1.44. The van der Waals surface area contributed by atoms with Crippen molar-refractivity contribution in [3.05, 3.63) is 35.4 Å². The molecule has 24 heavy (non-hydrogen) atoms. The maximum atomic E-state index is 9.91. The Kier molecular flexibility index (Phi) is 5.66. The fraction of sp³-hybridized carbons (Fsp3) is 0. The van der Waals surface area contributed by atoms with Gasteiger partial charge < -0.3 is 0 Å². The molecule has 0 unspecified atom stereocenters. The molecular weight excluding hydrogens is 502 g/mol. The minimum Gasteiger partial charge on any atom is -0.0958 e. The van der Waals surface area contributed by atoms with E-state index < -0.39 is 28.3 Å². The van der Waals surface area contributed by atoms with E-state index in [9.17, 15) is 41.6 Å². The standard InChI is InChI=1S/C8H4N2.2AsF6/c9-5-7-1-2-8(6-10)4-3-7;2*2-1(3,4,5,6)7/h1-4H;;/q;2*-1/p+2. The van der Waals surface area contributed by atoms with Gasteiger partial charge in [-0.05, 0) is 24.3 Å². The zero-order valence-electron chi connectivity index (χ0n) is 10.7. The SMILES string of the molecule is F[As-](F)(F)(F)(F)F.F[As-](F)(F)(F)(F)F.[NH+]#Cc1ccc(C#[NH+])cc1. The van der Waals surface area contributed by atoms with Crippen molar-refractivity contribution in [2.75, 3.05) is 0 Å². The normalized spacial score (nSPS) is 16.8. The molecule has 0 aliphatic rings. The van der Waals surface area contributed by atoms with Gasteiger partial charge in [-0.25, -0.2) is 0 Å². The van der Waals surface area contributed by atoms with Crippen LogP contribution in [-0.4, -0.2) is 28.3 Å². The van der Waals surface area contributed by atoms with Crippen molar-refractivity contribution < 1.29 is 52.1 Å². The molecule has 0 spiro atoms. The van der Waals surface area contributed by atoms with Crippen LogP contribution in [0.4, 0.5) is 41.6 Å². The average Bonchev–Trinajstić information content (AvgIpc) is 2.20. The van der Waals surface area contributed by atoms with Crippen molar-refractivity contribution in [2.45, 2.75) is 0 Å². The summed E-state index contributed by atoms with van der Waals surface area (Å²) in [6.07, 6.45) is 0. The number of rotatable bonds is 0. The van der Waals surface area contributed by atoms with E-state index in [2.05, 4.69) is 12.1 Å². The molecule has 0 aliphatic heterocycles. The molecule has 0 aromatic heterocycles. The van der Waals surface area contributed by atoms with E-state index in [0.717, 1.165) is 11.1 Å². The molecule has 0 radical (unpaired) electrons. The molecule has 0 amide bonds. The molecule has 16 heteroatoms. The molecular formula is C8H6As2F12N2. The van der Waals surface area contributed by atoms with E-state index in [-0.39, 0.29) is 0 Å². The van der Waals surface area contributed by atoms with E-state index >= 15 is 0 Å². The summed E-state index contributed by atoms with van der Waals surface area (Å²) in [5.74, 6) is 0. The van der Waals surface area contributed by atoms with Crippen molar-refractivity contribution in [1.29, 1.82) is 0 Å². The average molecular weight is 508 g/mol. The summed E-state index contributed by atoms with van der Waals surface area (Å²) in [7, 11) is 0. The van der Waals surface area contributed by atoms with Crippen LogP contribution in [0.3, 0.4) is 0 Å². The Labute approximate surface area is 128 Å². The number of benzene rings is 1. The minimum atomic E-state index is -11.1. The largest absolute Gasteiger partial charge is 0.308 e. The van der Waals surface area contributed by atoms with Gasteiger partial charge in [0, 0.05) is 0 Å². The topological polar surface area (TPSA) is 47.6 Å². The van der Waals surface area contributed by atoms with Crippen molar-refractivity contribution in [2.24, 2.45) is 0 Å². The van der Waals surface area contributed by atoms with Crippen LogP contribution in [0, 0.1) is 12.1 Å². The molecule has 0 heterocycles. The molecule has 0 fully saturated rings. The second-order valence-electron chi connectivity index (χ2n) is 3.74. The zero-order chi connectivity index (χ0) is 20.2. The first kappa shape index (κ1) is 24.7. The molecule has 2 nitrogen and oxygen atoms in total. The van der Waals surface area contributed by atoms with Gasteiger partial charge in [0.2, 0.25) is 0 Å². The van der Waals surface area contributed by atoms with Crippen LogP contribution < -0.4 is 10.5 Å². The van der Waals surface area contributed by atoms with Gasteiger partial charge in [0.1, 0.15) is 11.1 Å². The number of hydrogen-bond donors (Lipinski definition) is 2. The van der Waals surface area contributed by atoms with E-state index in [4.69, 9.17) is 10.5 Å². The Morgan fingerprint density at radius 2 is 0.625 bits per heavy atom. The van der Waals surface area contributed by atoms with Crippen LogP contribution in [0.15, 0.2) is 24.3 Å². The first-order valence-corrected chi connectivity index (χ1v) is 13.4. The predicted octanol–water partition coefficient (Wildman–Crippen LogP) is 2.21. The molecule has 0 aliphatic carbocycles.